The third-order valence-electron chi connectivity index (χ3n) is 4.09. The molecule has 1 aliphatic heterocycles. The van der Waals surface area contributed by atoms with Gasteiger partial charge in [-0.2, -0.15) is 0 Å². The van der Waals surface area contributed by atoms with E-state index >= 15 is 0 Å². The van der Waals surface area contributed by atoms with E-state index in [1.54, 1.807) is 0 Å². The molecule has 3 nitrogen and oxygen atoms in total. The summed E-state index contributed by atoms with van der Waals surface area (Å²) in [7, 11) is 8.14. The molecule has 1 aromatic carbocycles. The Hall–Kier alpha value is -1.35. The molecular weight excluding hydrogens is 238 g/mol. The standard InChI is InChI=1S/C16H22NO2/c1-4-19-15(18)16(14-8-6-5-7-9-14)10-12-17(2,3)13-11-16/h2,5-9H,4,10-13H2,1,3H3/q+1. The summed E-state index contributed by atoms with van der Waals surface area (Å²) < 4.78 is 5.80. The minimum atomic E-state index is -0.519. The molecule has 0 amide bonds. The van der Waals surface area contributed by atoms with Crippen LogP contribution in [-0.2, 0) is 14.9 Å². The van der Waals surface area contributed by atoms with Gasteiger partial charge in [0, 0.05) is 12.8 Å². The van der Waals surface area contributed by atoms with Gasteiger partial charge in [-0.25, -0.2) is 0 Å². The lowest BCUT2D eigenvalue weighted by atomic mass is 9.72. The lowest BCUT2D eigenvalue weighted by Gasteiger charge is -2.42. The molecule has 0 N–H and O–H groups in total. The summed E-state index contributed by atoms with van der Waals surface area (Å²) in [5.41, 5.74) is 0.530. The fraction of sp³-hybridized carbons (Fsp3) is 0.500. The number of carbonyl (C=O) groups excluding carboxylic acids is 1. The van der Waals surface area contributed by atoms with Gasteiger partial charge in [-0.3, -0.25) is 4.79 Å². The lowest BCUT2D eigenvalue weighted by molar-refractivity contribution is -0.872. The summed E-state index contributed by atoms with van der Waals surface area (Å²) in [6.45, 7) is 3.84. The van der Waals surface area contributed by atoms with Crippen LogP contribution in [0.25, 0.3) is 0 Å². The van der Waals surface area contributed by atoms with Crippen LogP contribution in [0.3, 0.4) is 0 Å². The molecule has 1 fully saturated rings. The van der Waals surface area contributed by atoms with Crippen LogP contribution in [0, 0.1) is 7.05 Å². The Bertz CT molecular complexity index is 429. The summed E-state index contributed by atoms with van der Waals surface area (Å²) in [6, 6.07) is 9.95. The number of nitrogens with zero attached hydrogens (tertiary/aromatic N) is 1. The van der Waals surface area contributed by atoms with Crippen LogP contribution in [0.2, 0.25) is 0 Å². The van der Waals surface area contributed by atoms with Crippen molar-refractivity contribution < 1.29 is 14.0 Å². The molecule has 1 aliphatic rings. The highest BCUT2D eigenvalue weighted by Gasteiger charge is 2.47. The highest BCUT2D eigenvalue weighted by Crippen LogP contribution is 2.38. The van der Waals surface area contributed by atoms with Gasteiger partial charge in [0.2, 0.25) is 7.05 Å². The van der Waals surface area contributed by atoms with Crippen LogP contribution in [0.5, 0.6) is 0 Å². The second-order valence-electron chi connectivity index (χ2n) is 5.60. The van der Waals surface area contributed by atoms with E-state index in [9.17, 15) is 4.79 Å². The number of carbonyl (C=O) groups is 1. The summed E-state index contributed by atoms with van der Waals surface area (Å²) in [5, 5.41) is 0. The van der Waals surface area contributed by atoms with Crippen LogP contribution in [0.15, 0.2) is 30.3 Å². The molecule has 0 atom stereocenters. The highest BCUT2D eigenvalue weighted by atomic mass is 16.5. The first-order valence-corrected chi connectivity index (χ1v) is 6.86. The van der Waals surface area contributed by atoms with Gasteiger partial charge in [0.05, 0.1) is 26.7 Å². The summed E-state index contributed by atoms with van der Waals surface area (Å²) in [4.78, 5) is 12.5. The Kier molecular flexibility index (Phi) is 3.95. The van der Waals surface area contributed by atoms with Crippen molar-refractivity contribution in [1.82, 2.24) is 0 Å². The molecule has 3 heteroatoms. The van der Waals surface area contributed by atoms with Gasteiger partial charge in [-0.15, -0.1) is 0 Å². The molecule has 2 radical (unpaired) electrons. The number of rotatable bonds is 3. The third-order valence-corrected chi connectivity index (χ3v) is 4.09. The predicted molar refractivity (Wildman–Crippen MR) is 74.2 cm³/mol. The van der Waals surface area contributed by atoms with Crippen molar-refractivity contribution in [1.29, 1.82) is 0 Å². The second kappa shape index (κ2) is 5.33. The first-order valence-electron chi connectivity index (χ1n) is 6.86. The van der Waals surface area contributed by atoms with Gasteiger partial charge < -0.3 is 9.22 Å². The average Bonchev–Trinajstić information content (AvgIpc) is 2.40. The fourth-order valence-electron chi connectivity index (χ4n) is 2.77. The van der Waals surface area contributed by atoms with E-state index in [2.05, 4.69) is 0 Å². The maximum absolute atomic E-state index is 12.5. The van der Waals surface area contributed by atoms with Crippen molar-refractivity contribution in [3.05, 3.63) is 42.9 Å². The van der Waals surface area contributed by atoms with Gasteiger partial charge in [-0.1, -0.05) is 30.3 Å². The van der Waals surface area contributed by atoms with Crippen LogP contribution < -0.4 is 0 Å². The van der Waals surface area contributed by atoms with Crippen molar-refractivity contribution >= 4 is 5.97 Å². The average molecular weight is 260 g/mol. The Labute approximate surface area is 115 Å². The van der Waals surface area contributed by atoms with Gasteiger partial charge in [0.15, 0.2) is 0 Å². The molecule has 19 heavy (non-hydrogen) atoms. The van der Waals surface area contributed by atoms with Crippen molar-refractivity contribution in [2.24, 2.45) is 0 Å². The quantitative estimate of drug-likeness (QED) is 0.616. The second-order valence-corrected chi connectivity index (χ2v) is 5.60. The van der Waals surface area contributed by atoms with E-state index in [1.165, 1.54) is 0 Å². The predicted octanol–water partition coefficient (Wildman–Crippen LogP) is 2.40. The maximum atomic E-state index is 12.5. The van der Waals surface area contributed by atoms with Crippen LogP contribution in [0.4, 0.5) is 0 Å². The Balaban J connectivity index is 2.33. The monoisotopic (exact) mass is 260 g/mol. The number of likely N-dealkylation sites (tertiary alicyclic amines) is 1. The summed E-state index contributed by atoms with van der Waals surface area (Å²) >= 11 is 0. The molecule has 1 saturated heterocycles. The molecule has 0 unspecified atom stereocenters. The largest absolute Gasteiger partial charge is 0.465 e. The maximum Gasteiger partial charge on any atom is 0.317 e. The number of quaternary nitrogens is 1. The summed E-state index contributed by atoms with van der Waals surface area (Å²) in [6.07, 6.45) is 1.48. The molecular formula is C16H22NO2+. The van der Waals surface area contributed by atoms with Crippen molar-refractivity contribution in [3.8, 4) is 0 Å². The highest BCUT2D eigenvalue weighted by molar-refractivity contribution is 5.83. The molecule has 0 bridgehead atoms. The fourth-order valence-corrected chi connectivity index (χ4v) is 2.77. The lowest BCUT2D eigenvalue weighted by Crippen LogP contribution is -2.53. The molecule has 0 aliphatic carbocycles. The minimum absolute atomic E-state index is 0.110. The van der Waals surface area contributed by atoms with Gasteiger partial charge >= 0.3 is 5.97 Å². The molecule has 102 valence electrons. The molecule has 1 aromatic rings. The molecule has 0 aromatic heterocycles. The Morgan fingerprint density at radius 2 is 1.89 bits per heavy atom. The normalized spacial score (nSPS) is 20.8. The Morgan fingerprint density at radius 1 is 1.32 bits per heavy atom. The number of hydrogen-bond donors (Lipinski definition) is 0. The zero-order chi connectivity index (χ0) is 13.9. The number of hydrogen-bond acceptors (Lipinski definition) is 2. The number of esters is 1. The number of ether oxygens (including phenoxy) is 1. The van der Waals surface area contributed by atoms with E-state index < -0.39 is 5.41 Å². The van der Waals surface area contributed by atoms with Crippen LogP contribution in [0.1, 0.15) is 25.3 Å². The topological polar surface area (TPSA) is 26.3 Å². The van der Waals surface area contributed by atoms with Gasteiger partial charge in [-0.05, 0) is 12.5 Å². The summed E-state index contributed by atoms with van der Waals surface area (Å²) in [5.74, 6) is -0.110. The third kappa shape index (κ3) is 2.81. The van der Waals surface area contributed by atoms with E-state index in [1.807, 2.05) is 44.3 Å². The molecule has 2 rings (SSSR count). The molecule has 0 spiro atoms. The SMILES string of the molecule is [CH][N+]1(C)CCC(C(=O)OCC)(c2ccccc2)CC1. The van der Waals surface area contributed by atoms with Crippen molar-refractivity contribution in [2.75, 3.05) is 26.7 Å². The van der Waals surface area contributed by atoms with Gasteiger partial charge in [0.1, 0.15) is 5.41 Å². The van der Waals surface area contributed by atoms with E-state index in [0.717, 1.165) is 31.5 Å². The van der Waals surface area contributed by atoms with Crippen molar-refractivity contribution in [2.45, 2.75) is 25.2 Å². The van der Waals surface area contributed by atoms with Gasteiger partial charge in [0.25, 0.3) is 0 Å². The minimum Gasteiger partial charge on any atom is -0.465 e. The zero-order valence-corrected chi connectivity index (χ0v) is 11.8. The van der Waals surface area contributed by atoms with E-state index in [4.69, 9.17) is 11.8 Å². The Morgan fingerprint density at radius 3 is 2.42 bits per heavy atom. The molecule has 0 saturated carbocycles. The first kappa shape index (κ1) is 14.1. The van der Waals surface area contributed by atoms with E-state index in [0.29, 0.717) is 11.1 Å². The smallest absolute Gasteiger partial charge is 0.317 e. The number of benzene rings is 1. The first-order chi connectivity index (χ1) is 9.00. The zero-order valence-electron chi connectivity index (χ0n) is 11.8. The van der Waals surface area contributed by atoms with E-state index in [-0.39, 0.29) is 5.97 Å². The molecule has 1 heterocycles. The van der Waals surface area contributed by atoms with Crippen molar-refractivity contribution in [3.63, 3.8) is 0 Å². The van der Waals surface area contributed by atoms with Crippen LogP contribution in [-0.4, -0.2) is 37.2 Å². The van der Waals surface area contributed by atoms with Crippen LogP contribution >= 0.6 is 0 Å². The number of piperidine rings is 1.